The van der Waals surface area contributed by atoms with E-state index in [1.807, 2.05) is 0 Å². The molecule has 1 N–H and O–H groups in total. The Morgan fingerprint density at radius 2 is 1.70 bits per heavy atom. The summed E-state index contributed by atoms with van der Waals surface area (Å²) < 4.78 is 0. The summed E-state index contributed by atoms with van der Waals surface area (Å²) in [4.78, 5) is 10.6. The van der Waals surface area contributed by atoms with Gasteiger partial charge in [-0.25, -0.2) is 0 Å². The van der Waals surface area contributed by atoms with Gasteiger partial charge in [0.25, 0.3) is 0 Å². The number of aromatic hydroxyl groups is 1. The van der Waals surface area contributed by atoms with Crippen LogP contribution in [0.4, 0.5) is 0 Å². The zero-order valence-corrected chi connectivity index (χ0v) is 6.43. The monoisotopic (exact) mass is 174 g/mol. The average molecular weight is 174 g/mol. The van der Waals surface area contributed by atoms with Crippen molar-refractivity contribution in [2.75, 3.05) is 0 Å². The van der Waals surface area contributed by atoms with Crippen LogP contribution in [0.15, 0.2) is 35.1 Å². The van der Waals surface area contributed by atoms with Gasteiger partial charge in [-0.05, 0) is 12.1 Å². The third-order valence-electron chi connectivity index (χ3n) is 0.976. The van der Waals surface area contributed by atoms with Crippen LogP contribution in [0.2, 0.25) is 0 Å². The molecule has 0 unspecified atom stereocenters. The molecule has 0 aliphatic rings. The van der Waals surface area contributed by atoms with Gasteiger partial charge < -0.3 is 5.11 Å². The van der Waals surface area contributed by atoms with E-state index in [1.54, 1.807) is 18.2 Å². The Hall–Kier alpha value is -0.778. The largest absolute Gasteiger partial charge is 0.504 e. The summed E-state index contributed by atoms with van der Waals surface area (Å²) in [5.41, 5.74) is -0.347. The van der Waals surface area contributed by atoms with Crippen LogP contribution in [0.3, 0.4) is 0 Å². The van der Waals surface area contributed by atoms with Gasteiger partial charge in [-0.3, -0.25) is 4.79 Å². The topological polar surface area (TPSA) is 37.3 Å². The summed E-state index contributed by atoms with van der Waals surface area (Å²) in [6, 6.07) is 7.55. The van der Waals surface area contributed by atoms with Gasteiger partial charge in [0.2, 0.25) is 5.43 Å². The Bertz CT molecular complexity index is 259. The Morgan fingerprint density at radius 3 is 2.40 bits per heavy atom. The molecule has 0 bridgehead atoms. The normalized spacial score (nSPS) is 8.00. The van der Waals surface area contributed by atoms with E-state index in [0.717, 1.165) is 0 Å². The molecule has 0 spiro atoms. The average Bonchev–Trinajstić information content (AvgIpc) is 1.99. The van der Waals surface area contributed by atoms with Crippen LogP contribution in [0, 0.1) is 0 Å². The maximum absolute atomic E-state index is 10.6. The molecule has 10 heavy (non-hydrogen) atoms. The molecule has 0 aliphatic carbocycles. The van der Waals surface area contributed by atoms with Gasteiger partial charge >= 0.3 is 0 Å². The standard InChI is InChI=1S/C7H6O2.Cr/c8-6-4-2-1-3-5-7(6)9;/h1-5H,(H,8,9);. The fourth-order valence-electron chi connectivity index (χ4n) is 0.521. The number of rotatable bonds is 0. The molecule has 1 aromatic rings. The van der Waals surface area contributed by atoms with Crippen LogP contribution in [0.5, 0.6) is 5.75 Å². The summed E-state index contributed by atoms with van der Waals surface area (Å²) in [6.07, 6.45) is 0. The predicted octanol–water partition coefficient (Wildman–Crippen LogP) is 0.750. The first-order valence-corrected chi connectivity index (χ1v) is 2.59. The maximum atomic E-state index is 10.6. The molecule has 0 heterocycles. The summed E-state index contributed by atoms with van der Waals surface area (Å²) in [5, 5.41) is 8.77. The SMILES string of the molecule is O=c1cccccc1O.[Cr]. The fourth-order valence-corrected chi connectivity index (χ4v) is 0.521. The molecular formula is C7H6CrO2. The summed E-state index contributed by atoms with van der Waals surface area (Å²) in [6.45, 7) is 0. The first kappa shape index (κ1) is 9.22. The van der Waals surface area contributed by atoms with E-state index >= 15 is 0 Å². The van der Waals surface area contributed by atoms with Crippen LogP contribution in [-0.4, -0.2) is 5.11 Å². The third-order valence-corrected chi connectivity index (χ3v) is 0.976. The minimum absolute atomic E-state index is 0. The van der Waals surface area contributed by atoms with Gasteiger partial charge in [0.15, 0.2) is 5.75 Å². The van der Waals surface area contributed by atoms with Gasteiger partial charge in [-0.2, -0.15) is 0 Å². The second-order valence-corrected chi connectivity index (χ2v) is 1.66. The van der Waals surface area contributed by atoms with E-state index in [0.29, 0.717) is 0 Å². The zero-order chi connectivity index (χ0) is 6.69. The van der Waals surface area contributed by atoms with E-state index < -0.39 is 0 Å². The Kier molecular flexibility index (Phi) is 3.79. The van der Waals surface area contributed by atoms with Gasteiger partial charge in [0, 0.05) is 17.4 Å². The van der Waals surface area contributed by atoms with Crippen molar-refractivity contribution in [2.24, 2.45) is 0 Å². The summed E-state index contributed by atoms with van der Waals surface area (Å²) >= 11 is 0. The van der Waals surface area contributed by atoms with Crippen LogP contribution in [0.25, 0.3) is 0 Å². The Balaban J connectivity index is 0.000000810. The van der Waals surface area contributed by atoms with Crippen molar-refractivity contribution in [1.29, 1.82) is 0 Å². The van der Waals surface area contributed by atoms with Crippen molar-refractivity contribution in [3.05, 3.63) is 40.6 Å². The molecule has 1 rings (SSSR count). The Morgan fingerprint density at radius 1 is 1.10 bits per heavy atom. The molecule has 0 aromatic heterocycles. The first-order chi connectivity index (χ1) is 4.30. The minimum Gasteiger partial charge on any atom is -0.504 e. The second-order valence-electron chi connectivity index (χ2n) is 1.66. The van der Waals surface area contributed by atoms with Crippen LogP contribution in [0.1, 0.15) is 0 Å². The second kappa shape index (κ2) is 4.10. The van der Waals surface area contributed by atoms with Gasteiger partial charge in [-0.15, -0.1) is 0 Å². The van der Waals surface area contributed by atoms with Crippen molar-refractivity contribution in [2.45, 2.75) is 0 Å². The quantitative estimate of drug-likeness (QED) is 0.630. The van der Waals surface area contributed by atoms with Gasteiger partial charge in [0.1, 0.15) is 0 Å². The van der Waals surface area contributed by atoms with E-state index in [9.17, 15) is 4.79 Å². The molecule has 0 aliphatic heterocycles. The molecule has 0 fully saturated rings. The molecule has 0 saturated heterocycles. The molecule has 1 aromatic carbocycles. The van der Waals surface area contributed by atoms with Gasteiger partial charge in [0.05, 0.1) is 0 Å². The molecule has 0 radical (unpaired) electrons. The van der Waals surface area contributed by atoms with Crippen LogP contribution >= 0.6 is 0 Å². The molecule has 52 valence electrons. The van der Waals surface area contributed by atoms with Crippen molar-refractivity contribution in [1.82, 2.24) is 0 Å². The third kappa shape index (κ3) is 2.22. The molecule has 0 saturated carbocycles. The molecule has 0 atom stereocenters. The van der Waals surface area contributed by atoms with Crippen molar-refractivity contribution in [3.63, 3.8) is 0 Å². The zero-order valence-electron chi connectivity index (χ0n) is 5.15. The van der Waals surface area contributed by atoms with E-state index in [4.69, 9.17) is 5.11 Å². The van der Waals surface area contributed by atoms with E-state index in [2.05, 4.69) is 0 Å². The van der Waals surface area contributed by atoms with E-state index in [-0.39, 0.29) is 28.5 Å². The van der Waals surface area contributed by atoms with Crippen LogP contribution in [-0.2, 0) is 17.4 Å². The number of hydrogen-bond acceptors (Lipinski definition) is 2. The fraction of sp³-hybridized carbons (Fsp3) is 0. The molecular weight excluding hydrogens is 168 g/mol. The van der Waals surface area contributed by atoms with Crippen molar-refractivity contribution < 1.29 is 22.5 Å². The van der Waals surface area contributed by atoms with Gasteiger partial charge in [-0.1, -0.05) is 18.2 Å². The smallest absolute Gasteiger partial charge is 0.220 e. The Labute approximate surface area is 69.3 Å². The summed E-state index contributed by atoms with van der Waals surface area (Å²) in [7, 11) is 0. The van der Waals surface area contributed by atoms with Crippen molar-refractivity contribution >= 4 is 0 Å². The predicted molar refractivity (Wildman–Crippen MR) is 34.4 cm³/mol. The molecule has 3 heteroatoms. The first-order valence-electron chi connectivity index (χ1n) is 2.59. The van der Waals surface area contributed by atoms with Crippen molar-refractivity contribution in [3.8, 4) is 5.75 Å². The summed E-state index contributed by atoms with van der Waals surface area (Å²) in [5.74, 6) is -0.208. The van der Waals surface area contributed by atoms with E-state index in [1.165, 1.54) is 12.1 Å². The maximum Gasteiger partial charge on any atom is 0.220 e. The number of hydrogen-bond donors (Lipinski definition) is 1. The molecule has 0 amide bonds. The minimum atomic E-state index is -0.347. The molecule has 2 nitrogen and oxygen atoms in total. The van der Waals surface area contributed by atoms with Crippen LogP contribution < -0.4 is 5.43 Å².